The van der Waals surface area contributed by atoms with E-state index in [0.29, 0.717) is 17.9 Å². The van der Waals surface area contributed by atoms with Crippen molar-refractivity contribution in [1.82, 2.24) is 14.7 Å². The van der Waals surface area contributed by atoms with Gasteiger partial charge in [0.25, 0.3) is 0 Å². The summed E-state index contributed by atoms with van der Waals surface area (Å²) in [5, 5.41) is 4.70. The molecule has 23 heavy (non-hydrogen) atoms. The van der Waals surface area contributed by atoms with E-state index in [1.165, 1.54) is 24.0 Å². The van der Waals surface area contributed by atoms with Crippen molar-refractivity contribution in [3.63, 3.8) is 0 Å². The van der Waals surface area contributed by atoms with Crippen molar-refractivity contribution in [1.29, 1.82) is 0 Å². The fourth-order valence-electron chi connectivity index (χ4n) is 4.52. The molecule has 2 fully saturated rings. The smallest absolute Gasteiger partial charge is 0.0968 e. The van der Waals surface area contributed by atoms with Crippen molar-refractivity contribution in [2.75, 3.05) is 20.2 Å². The van der Waals surface area contributed by atoms with Crippen molar-refractivity contribution >= 4 is 0 Å². The molecule has 2 aromatic rings. The second-order valence-electron chi connectivity index (χ2n) is 7.03. The first-order valence-corrected chi connectivity index (χ1v) is 8.57. The predicted molar refractivity (Wildman–Crippen MR) is 90.9 cm³/mol. The Balaban J connectivity index is 1.54. The van der Waals surface area contributed by atoms with Gasteiger partial charge in [-0.15, -0.1) is 0 Å². The standard InChI is InChI=1S/C19H25N3O/c1-21-10-17(18(20-21)14-6-4-3-5-7-14)13-22-11-15-8-9-16(12-22)19(15)23-2/h3-7,10,15-16,19H,8-9,11-13H2,1-2H3. The van der Waals surface area contributed by atoms with Crippen molar-refractivity contribution in [3.05, 3.63) is 42.1 Å². The topological polar surface area (TPSA) is 30.3 Å². The quantitative estimate of drug-likeness (QED) is 0.870. The first-order valence-electron chi connectivity index (χ1n) is 8.57. The van der Waals surface area contributed by atoms with Crippen LogP contribution < -0.4 is 0 Å². The molecule has 0 amide bonds. The number of hydrogen-bond acceptors (Lipinski definition) is 3. The van der Waals surface area contributed by atoms with E-state index in [1.54, 1.807) is 0 Å². The van der Waals surface area contributed by atoms with Crippen LogP contribution >= 0.6 is 0 Å². The number of aryl methyl sites for hydroxylation is 1. The molecule has 122 valence electrons. The number of benzene rings is 1. The highest BCUT2D eigenvalue weighted by atomic mass is 16.5. The van der Waals surface area contributed by atoms with E-state index in [9.17, 15) is 0 Å². The van der Waals surface area contributed by atoms with Gasteiger partial charge in [0, 0.05) is 51.1 Å². The SMILES string of the molecule is COC1C2CCC1CN(Cc1cn(C)nc1-c1ccccc1)C2. The first-order chi connectivity index (χ1) is 11.2. The monoisotopic (exact) mass is 311 g/mol. The van der Waals surface area contributed by atoms with Crippen LogP contribution in [0, 0.1) is 11.8 Å². The summed E-state index contributed by atoms with van der Waals surface area (Å²) in [7, 11) is 3.89. The normalized spacial score (nSPS) is 27.5. The second kappa shape index (κ2) is 6.10. The number of hydrogen-bond donors (Lipinski definition) is 0. The zero-order valence-corrected chi connectivity index (χ0v) is 14.0. The van der Waals surface area contributed by atoms with E-state index < -0.39 is 0 Å². The maximum absolute atomic E-state index is 5.73. The van der Waals surface area contributed by atoms with Crippen molar-refractivity contribution in [2.24, 2.45) is 18.9 Å². The number of nitrogens with zero attached hydrogens (tertiary/aromatic N) is 3. The third kappa shape index (κ3) is 2.81. The molecule has 1 aromatic heterocycles. The average Bonchev–Trinajstić information content (AvgIpc) is 3.05. The Labute approximate surface area is 138 Å². The maximum Gasteiger partial charge on any atom is 0.0968 e. The van der Waals surface area contributed by atoms with Crippen LogP contribution in [0.5, 0.6) is 0 Å². The van der Waals surface area contributed by atoms with Gasteiger partial charge in [0.15, 0.2) is 0 Å². The molecule has 0 N–H and O–H groups in total. The lowest BCUT2D eigenvalue weighted by Crippen LogP contribution is -2.45. The fourth-order valence-corrected chi connectivity index (χ4v) is 4.52. The average molecular weight is 311 g/mol. The Morgan fingerprint density at radius 2 is 1.83 bits per heavy atom. The lowest BCUT2D eigenvalue weighted by atomic mass is 9.94. The highest BCUT2D eigenvalue weighted by Crippen LogP contribution is 2.39. The van der Waals surface area contributed by atoms with Crippen LogP contribution in [-0.2, 0) is 18.3 Å². The van der Waals surface area contributed by atoms with Crippen LogP contribution in [0.15, 0.2) is 36.5 Å². The third-order valence-electron chi connectivity index (χ3n) is 5.44. The molecule has 4 rings (SSSR count). The van der Waals surface area contributed by atoms with Gasteiger partial charge in [-0.2, -0.15) is 5.10 Å². The van der Waals surface area contributed by atoms with Gasteiger partial charge in [-0.05, 0) is 24.7 Å². The van der Waals surface area contributed by atoms with E-state index in [4.69, 9.17) is 9.84 Å². The molecule has 1 saturated carbocycles. The molecule has 1 aliphatic heterocycles. The molecule has 1 aromatic carbocycles. The van der Waals surface area contributed by atoms with Gasteiger partial charge in [-0.25, -0.2) is 0 Å². The molecule has 2 atom stereocenters. The van der Waals surface area contributed by atoms with E-state index >= 15 is 0 Å². The molecular weight excluding hydrogens is 286 g/mol. The molecule has 1 saturated heterocycles. The van der Waals surface area contributed by atoms with Gasteiger partial charge in [-0.1, -0.05) is 30.3 Å². The lowest BCUT2D eigenvalue weighted by Gasteiger charge is -2.37. The minimum absolute atomic E-state index is 0.480. The molecule has 1 aliphatic carbocycles. The molecular formula is C19H25N3O. The van der Waals surface area contributed by atoms with Crippen LogP contribution in [0.3, 0.4) is 0 Å². The van der Waals surface area contributed by atoms with Gasteiger partial charge in [0.1, 0.15) is 0 Å². The van der Waals surface area contributed by atoms with Crippen LogP contribution in [0.25, 0.3) is 11.3 Å². The van der Waals surface area contributed by atoms with Crippen LogP contribution in [0.2, 0.25) is 0 Å². The molecule has 2 bridgehead atoms. The number of ether oxygens (including phenoxy) is 1. The lowest BCUT2D eigenvalue weighted by molar-refractivity contribution is -0.0179. The second-order valence-corrected chi connectivity index (χ2v) is 7.03. The maximum atomic E-state index is 5.73. The number of aromatic nitrogens is 2. The Hall–Kier alpha value is -1.65. The number of fused-ring (bicyclic) bond motifs is 2. The molecule has 2 aliphatic rings. The van der Waals surface area contributed by atoms with Gasteiger partial charge in [0.2, 0.25) is 0 Å². The van der Waals surface area contributed by atoms with E-state index in [0.717, 1.165) is 25.3 Å². The summed E-state index contributed by atoms with van der Waals surface area (Å²) in [6.07, 6.45) is 5.29. The van der Waals surface area contributed by atoms with E-state index in [-0.39, 0.29) is 0 Å². The molecule has 4 heteroatoms. The number of likely N-dealkylation sites (tertiary alicyclic amines) is 1. The number of piperidine rings is 1. The van der Waals surface area contributed by atoms with Crippen LogP contribution in [0.4, 0.5) is 0 Å². The predicted octanol–water partition coefficient (Wildman–Crippen LogP) is 2.94. The van der Waals surface area contributed by atoms with E-state index in [2.05, 4.69) is 41.4 Å². The van der Waals surface area contributed by atoms with Crippen molar-refractivity contribution in [2.45, 2.75) is 25.5 Å². The van der Waals surface area contributed by atoms with Gasteiger partial charge >= 0.3 is 0 Å². The summed E-state index contributed by atoms with van der Waals surface area (Å²) in [6.45, 7) is 3.29. The van der Waals surface area contributed by atoms with E-state index in [1.807, 2.05) is 18.8 Å². The van der Waals surface area contributed by atoms with Crippen LogP contribution in [0.1, 0.15) is 18.4 Å². The fraction of sp³-hybridized carbons (Fsp3) is 0.526. The molecule has 2 unspecified atom stereocenters. The van der Waals surface area contributed by atoms with Crippen LogP contribution in [-0.4, -0.2) is 41.0 Å². The summed E-state index contributed by atoms with van der Waals surface area (Å²) in [6, 6.07) is 10.5. The Morgan fingerprint density at radius 3 is 2.48 bits per heavy atom. The Morgan fingerprint density at radius 1 is 1.13 bits per heavy atom. The number of methoxy groups -OCH3 is 1. The highest BCUT2D eigenvalue weighted by Gasteiger charge is 2.42. The molecule has 0 spiro atoms. The van der Waals surface area contributed by atoms with Crippen molar-refractivity contribution < 1.29 is 4.74 Å². The summed E-state index contributed by atoms with van der Waals surface area (Å²) >= 11 is 0. The Kier molecular flexibility index (Phi) is 3.95. The summed E-state index contributed by atoms with van der Waals surface area (Å²) < 4.78 is 7.67. The van der Waals surface area contributed by atoms with Gasteiger partial charge < -0.3 is 4.74 Å². The summed E-state index contributed by atoms with van der Waals surface area (Å²) in [4.78, 5) is 2.60. The third-order valence-corrected chi connectivity index (χ3v) is 5.44. The zero-order valence-electron chi connectivity index (χ0n) is 14.0. The van der Waals surface area contributed by atoms with Gasteiger partial charge in [-0.3, -0.25) is 9.58 Å². The summed E-state index contributed by atoms with van der Waals surface area (Å²) in [5.74, 6) is 1.41. The minimum atomic E-state index is 0.480. The Bertz CT molecular complexity index is 653. The summed E-state index contributed by atoms with van der Waals surface area (Å²) in [5.41, 5.74) is 3.65. The molecule has 4 nitrogen and oxygen atoms in total. The van der Waals surface area contributed by atoms with Crippen molar-refractivity contribution in [3.8, 4) is 11.3 Å². The highest BCUT2D eigenvalue weighted by molar-refractivity contribution is 5.62. The molecule has 2 heterocycles. The largest absolute Gasteiger partial charge is 0.381 e. The minimum Gasteiger partial charge on any atom is -0.381 e. The van der Waals surface area contributed by atoms with Gasteiger partial charge in [0.05, 0.1) is 11.8 Å². The first kappa shape index (κ1) is 14.9. The molecule has 0 radical (unpaired) electrons. The number of rotatable bonds is 4. The zero-order chi connectivity index (χ0) is 15.8.